The molecule has 0 saturated carbocycles. The third-order valence-corrected chi connectivity index (χ3v) is 7.03. The molecule has 35 heavy (non-hydrogen) atoms. The minimum atomic E-state index is -3.52. The van der Waals surface area contributed by atoms with Gasteiger partial charge in [-0.05, 0) is 62.4 Å². The van der Waals surface area contributed by atoms with E-state index in [9.17, 15) is 18.0 Å². The van der Waals surface area contributed by atoms with Crippen LogP contribution in [0.5, 0.6) is 0 Å². The summed E-state index contributed by atoms with van der Waals surface area (Å²) in [4.78, 5) is 27.6. The smallest absolute Gasteiger partial charge is 0.242 e. The molecule has 7 nitrogen and oxygen atoms in total. The molecule has 2 aromatic carbocycles. The summed E-state index contributed by atoms with van der Waals surface area (Å²) in [6.45, 7) is 8.72. The Hall–Kier alpha value is -2.87. The van der Waals surface area contributed by atoms with Crippen molar-refractivity contribution in [2.24, 2.45) is 0 Å². The number of anilines is 1. The van der Waals surface area contributed by atoms with Crippen LogP contribution in [-0.2, 0) is 26.2 Å². The summed E-state index contributed by atoms with van der Waals surface area (Å²) in [6, 6.07) is 14.6. The Bertz CT molecular complexity index is 1070. The molecule has 0 fully saturated rings. The number of unbranched alkanes of at least 4 members (excludes halogenated alkanes) is 1. The van der Waals surface area contributed by atoms with Crippen LogP contribution in [-0.4, -0.2) is 50.5 Å². The average molecular weight is 502 g/mol. The van der Waals surface area contributed by atoms with Gasteiger partial charge in [-0.1, -0.05) is 49.7 Å². The molecule has 1 atom stereocenters. The minimum Gasteiger partial charge on any atom is -0.354 e. The van der Waals surface area contributed by atoms with Crippen LogP contribution in [0.4, 0.5) is 5.69 Å². The van der Waals surface area contributed by atoms with E-state index in [1.54, 1.807) is 11.8 Å². The second-order valence-electron chi connectivity index (χ2n) is 9.11. The number of sulfonamides is 1. The zero-order chi connectivity index (χ0) is 26.0. The van der Waals surface area contributed by atoms with Gasteiger partial charge in [0.15, 0.2) is 0 Å². The Kier molecular flexibility index (Phi) is 10.8. The zero-order valence-electron chi connectivity index (χ0n) is 21.6. The second kappa shape index (κ2) is 13.3. The normalized spacial score (nSPS) is 12.1. The number of aryl methyl sites for hydroxylation is 2. The molecule has 192 valence electrons. The summed E-state index contributed by atoms with van der Waals surface area (Å²) in [7, 11) is -3.52. The van der Waals surface area contributed by atoms with E-state index in [2.05, 4.69) is 12.2 Å². The van der Waals surface area contributed by atoms with E-state index in [0.29, 0.717) is 25.2 Å². The maximum Gasteiger partial charge on any atom is 0.242 e. The Morgan fingerprint density at radius 3 is 2.20 bits per heavy atom. The van der Waals surface area contributed by atoms with Gasteiger partial charge in [-0.15, -0.1) is 0 Å². The summed E-state index contributed by atoms with van der Waals surface area (Å²) < 4.78 is 26.4. The lowest BCUT2D eigenvalue weighted by atomic mass is 10.1. The highest BCUT2D eigenvalue weighted by Crippen LogP contribution is 2.22. The summed E-state index contributed by atoms with van der Waals surface area (Å²) in [5, 5.41) is 2.91. The number of benzene rings is 2. The van der Waals surface area contributed by atoms with Crippen molar-refractivity contribution in [3.8, 4) is 0 Å². The highest BCUT2D eigenvalue weighted by molar-refractivity contribution is 7.92. The van der Waals surface area contributed by atoms with Gasteiger partial charge in [-0.25, -0.2) is 8.42 Å². The molecule has 1 N–H and O–H groups in total. The van der Waals surface area contributed by atoms with Crippen LogP contribution in [0.25, 0.3) is 0 Å². The molecule has 8 heteroatoms. The fourth-order valence-electron chi connectivity index (χ4n) is 4.00. The molecule has 0 radical (unpaired) electrons. The highest BCUT2D eigenvalue weighted by Gasteiger charge is 2.26. The van der Waals surface area contributed by atoms with Gasteiger partial charge in [-0.3, -0.25) is 13.9 Å². The Morgan fingerprint density at radius 2 is 1.63 bits per heavy atom. The molecule has 2 aromatic rings. The van der Waals surface area contributed by atoms with E-state index in [1.807, 2.05) is 62.4 Å². The topological polar surface area (TPSA) is 86.8 Å². The molecule has 0 aliphatic carbocycles. The first-order valence-corrected chi connectivity index (χ1v) is 14.0. The van der Waals surface area contributed by atoms with Crippen molar-refractivity contribution < 1.29 is 18.0 Å². The molecule has 0 aliphatic rings. The third kappa shape index (κ3) is 9.02. The predicted molar refractivity (Wildman–Crippen MR) is 142 cm³/mol. The summed E-state index contributed by atoms with van der Waals surface area (Å²) in [6.07, 6.45) is 3.50. The van der Waals surface area contributed by atoms with Crippen LogP contribution in [0.2, 0.25) is 0 Å². The number of carbonyl (C=O) groups excluding carboxylic acids is 2. The molecule has 0 aliphatic heterocycles. The number of carbonyl (C=O) groups is 2. The quantitative estimate of drug-likeness (QED) is 0.417. The fourth-order valence-corrected chi connectivity index (χ4v) is 4.95. The molecule has 0 spiro atoms. The molecule has 0 saturated heterocycles. The summed E-state index contributed by atoms with van der Waals surface area (Å²) >= 11 is 0. The minimum absolute atomic E-state index is 0.135. The predicted octanol–water partition coefficient (Wildman–Crippen LogP) is 4.18. The summed E-state index contributed by atoms with van der Waals surface area (Å²) in [5.41, 5.74) is 3.48. The van der Waals surface area contributed by atoms with Gasteiger partial charge in [0.2, 0.25) is 21.8 Å². The van der Waals surface area contributed by atoms with Crippen LogP contribution < -0.4 is 9.62 Å². The number of rotatable bonds is 13. The number of hydrogen-bond acceptors (Lipinski definition) is 4. The van der Waals surface area contributed by atoms with Crippen molar-refractivity contribution in [2.75, 3.05) is 23.7 Å². The highest BCUT2D eigenvalue weighted by atomic mass is 32.2. The van der Waals surface area contributed by atoms with E-state index < -0.39 is 16.1 Å². The Labute approximate surface area is 210 Å². The molecule has 0 bridgehead atoms. The van der Waals surface area contributed by atoms with E-state index in [1.165, 1.54) is 10.6 Å². The average Bonchev–Trinajstić information content (AvgIpc) is 2.79. The maximum absolute atomic E-state index is 13.3. The number of amides is 2. The standard InChI is InChI=1S/C27H39N3O4S/c1-6-7-15-28-27(32)23(4)29(20-24-12-9-8-10-13-24)26(31)14-11-16-30(35(5,33)34)25-18-21(2)17-22(3)19-25/h8-10,12-13,17-19,23H,6-7,11,14-16,20H2,1-5H3,(H,28,32). The van der Waals surface area contributed by atoms with Gasteiger partial charge < -0.3 is 10.2 Å². The van der Waals surface area contributed by atoms with Gasteiger partial charge >= 0.3 is 0 Å². The lowest BCUT2D eigenvalue weighted by Gasteiger charge is -2.29. The van der Waals surface area contributed by atoms with Crippen molar-refractivity contribution in [3.05, 3.63) is 65.2 Å². The maximum atomic E-state index is 13.3. The largest absolute Gasteiger partial charge is 0.354 e. The SMILES string of the molecule is CCCCNC(=O)C(C)N(Cc1ccccc1)C(=O)CCCN(c1cc(C)cc(C)c1)S(C)(=O)=O. The molecule has 1 unspecified atom stereocenters. The van der Waals surface area contributed by atoms with Crippen LogP contribution in [0.1, 0.15) is 56.2 Å². The van der Waals surface area contributed by atoms with Crippen molar-refractivity contribution in [1.29, 1.82) is 0 Å². The van der Waals surface area contributed by atoms with Gasteiger partial charge in [0, 0.05) is 26.1 Å². The lowest BCUT2D eigenvalue weighted by Crippen LogP contribution is -2.47. The second-order valence-corrected chi connectivity index (χ2v) is 11.0. The van der Waals surface area contributed by atoms with E-state index >= 15 is 0 Å². The van der Waals surface area contributed by atoms with Crippen molar-refractivity contribution in [1.82, 2.24) is 10.2 Å². The molecular formula is C27H39N3O4S. The lowest BCUT2D eigenvalue weighted by molar-refractivity contribution is -0.140. The zero-order valence-corrected chi connectivity index (χ0v) is 22.4. The van der Waals surface area contributed by atoms with Crippen LogP contribution in [0, 0.1) is 13.8 Å². The van der Waals surface area contributed by atoms with E-state index in [0.717, 1.165) is 29.5 Å². The molecular weight excluding hydrogens is 462 g/mol. The fraction of sp³-hybridized carbons (Fsp3) is 0.481. The van der Waals surface area contributed by atoms with Crippen molar-refractivity contribution >= 4 is 27.5 Å². The van der Waals surface area contributed by atoms with Crippen LogP contribution in [0.15, 0.2) is 48.5 Å². The first kappa shape index (κ1) is 28.4. The first-order chi connectivity index (χ1) is 16.5. The van der Waals surface area contributed by atoms with Gasteiger partial charge in [0.1, 0.15) is 6.04 Å². The number of hydrogen-bond donors (Lipinski definition) is 1. The van der Waals surface area contributed by atoms with Gasteiger partial charge in [-0.2, -0.15) is 0 Å². The molecule has 0 aromatic heterocycles. The number of nitrogens with one attached hydrogen (secondary N) is 1. The Balaban J connectivity index is 2.14. The first-order valence-electron chi connectivity index (χ1n) is 12.2. The molecule has 2 amide bonds. The van der Waals surface area contributed by atoms with Gasteiger partial charge in [0.05, 0.1) is 11.9 Å². The molecule has 0 heterocycles. The summed E-state index contributed by atoms with van der Waals surface area (Å²) in [5.74, 6) is -0.364. The van der Waals surface area contributed by atoms with Gasteiger partial charge in [0.25, 0.3) is 0 Å². The van der Waals surface area contributed by atoms with E-state index in [-0.39, 0.29) is 24.8 Å². The van der Waals surface area contributed by atoms with Crippen molar-refractivity contribution in [2.45, 2.75) is 66.0 Å². The third-order valence-electron chi connectivity index (χ3n) is 5.84. The van der Waals surface area contributed by atoms with Crippen molar-refractivity contribution in [3.63, 3.8) is 0 Å². The van der Waals surface area contributed by atoms with Crippen LogP contribution in [0.3, 0.4) is 0 Å². The molecule has 2 rings (SSSR count). The monoisotopic (exact) mass is 501 g/mol. The Morgan fingerprint density at radius 1 is 1.00 bits per heavy atom. The van der Waals surface area contributed by atoms with Crippen LogP contribution >= 0.6 is 0 Å². The number of nitrogens with zero attached hydrogens (tertiary/aromatic N) is 2. The van der Waals surface area contributed by atoms with E-state index in [4.69, 9.17) is 0 Å².